The van der Waals surface area contributed by atoms with Crippen molar-refractivity contribution in [2.24, 2.45) is 0 Å². The van der Waals surface area contributed by atoms with Gasteiger partial charge < -0.3 is 9.84 Å². The molecule has 0 saturated heterocycles. The molecule has 1 N–H and O–H groups in total. The van der Waals surface area contributed by atoms with E-state index in [9.17, 15) is 0 Å². The molecule has 0 atom stereocenters. The van der Waals surface area contributed by atoms with Crippen LogP contribution < -0.4 is 4.74 Å². The smallest absolute Gasteiger partial charge is 0.213 e. The van der Waals surface area contributed by atoms with Gasteiger partial charge in [0.05, 0.1) is 0 Å². The molecule has 0 spiro atoms. The summed E-state index contributed by atoms with van der Waals surface area (Å²) < 4.78 is 5.68. The van der Waals surface area contributed by atoms with Gasteiger partial charge in [-0.05, 0) is 30.9 Å². The predicted octanol–water partition coefficient (Wildman–Crippen LogP) is 2.98. The quantitative estimate of drug-likeness (QED) is 0.775. The fourth-order valence-electron chi connectivity index (χ4n) is 1.83. The number of hydrogen-bond acceptors (Lipinski definition) is 3. The van der Waals surface area contributed by atoms with Crippen LogP contribution >= 0.6 is 0 Å². The molecule has 3 nitrogen and oxygen atoms in total. The van der Waals surface area contributed by atoms with Crippen LogP contribution in [0.15, 0.2) is 48.5 Å². The SMILES string of the molecule is OCCCCc1cccc(OCc2ccccc2)n1. The van der Waals surface area contributed by atoms with Crippen LogP contribution in [0.2, 0.25) is 0 Å². The van der Waals surface area contributed by atoms with Crippen molar-refractivity contribution >= 4 is 0 Å². The summed E-state index contributed by atoms with van der Waals surface area (Å²) in [6.07, 6.45) is 2.64. The lowest BCUT2D eigenvalue weighted by Crippen LogP contribution is -1.99. The van der Waals surface area contributed by atoms with Crippen LogP contribution in [0.4, 0.5) is 0 Å². The lowest BCUT2D eigenvalue weighted by Gasteiger charge is -2.07. The third kappa shape index (κ3) is 4.72. The zero-order valence-corrected chi connectivity index (χ0v) is 11.0. The van der Waals surface area contributed by atoms with Gasteiger partial charge >= 0.3 is 0 Å². The number of aliphatic hydroxyl groups excluding tert-OH is 1. The number of nitrogens with zero attached hydrogens (tertiary/aromatic N) is 1. The topological polar surface area (TPSA) is 42.4 Å². The number of unbranched alkanes of at least 4 members (excludes halogenated alkanes) is 1. The minimum atomic E-state index is 0.240. The highest BCUT2D eigenvalue weighted by Crippen LogP contribution is 2.12. The zero-order chi connectivity index (χ0) is 13.3. The molecular formula is C16H19NO2. The Kier molecular flexibility index (Phi) is 5.38. The summed E-state index contributed by atoms with van der Waals surface area (Å²) in [5.41, 5.74) is 2.15. The highest BCUT2D eigenvalue weighted by Gasteiger charge is 2.00. The maximum Gasteiger partial charge on any atom is 0.213 e. The largest absolute Gasteiger partial charge is 0.473 e. The van der Waals surface area contributed by atoms with Crippen molar-refractivity contribution < 1.29 is 9.84 Å². The van der Waals surface area contributed by atoms with E-state index in [4.69, 9.17) is 9.84 Å². The van der Waals surface area contributed by atoms with Gasteiger partial charge in [0.1, 0.15) is 6.61 Å². The first-order valence-corrected chi connectivity index (χ1v) is 6.62. The fraction of sp³-hybridized carbons (Fsp3) is 0.312. The van der Waals surface area contributed by atoms with Gasteiger partial charge in [0, 0.05) is 18.4 Å². The second kappa shape index (κ2) is 7.54. The second-order valence-corrected chi connectivity index (χ2v) is 4.42. The molecule has 1 heterocycles. The van der Waals surface area contributed by atoms with Crippen molar-refractivity contribution in [3.8, 4) is 5.88 Å². The maximum absolute atomic E-state index is 8.76. The number of hydrogen-bond donors (Lipinski definition) is 1. The molecule has 0 aliphatic carbocycles. The van der Waals surface area contributed by atoms with Crippen molar-refractivity contribution in [2.45, 2.75) is 25.9 Å². The molecule has 0 fully saturated rings. The number of aliphatic hydroxyl groups is 1. The highest BCUT2D eigenvalue weighted by molar-refractivity contribution is 5.18. The van der Waals surface area contributed by atoms with E-state index in [1.165, 1.54) is 0 Å². The van der Waals surface area contributed by atoms with E-state index in [-0.39, 0.29) is 6.61 Å². The van der Waals surface area contributed by atoms with E-state index < -0.39 is 0 Å². The molecule has 0 saturated carbocycles. The van der Waals surface area contributed by atoms with Gasteiger partial charge in [-0.1, -0.05) is 36.4 Å². The molecule has 1 aromatic carbocycles. The normalized spacial score (nSPS) is 10.4. The van der Waals surface area contributed by atoms with E-state index in [2.05, 4.69) is 4.98 Å². The monoisotopic (exact) mass is 257 g/mol. The number of aryl methyl sites for hydroxylation is 1. The molecule has 19 heavy (non-hydrogen) atoms. The van der Waals surface area contributed by atoms with E-state index in [0.717, 1.165) is 30.5 Å². The molecule has 0 unspecified atom stereocenters. The number of pyridine rings is 1. The Bertz CT molecular complexity index is 485. The van der Waals surface area contributed by atoms with E-state index >= 15 is 0 Å². The van der Waals surface area contributed by atoms with Crippen LogP contribution in [-0.2, 0) is 13.0 Å². The van der Waals surface area contributed by atoms with Crippen molar-refractivity contribution in [1.29, 1.82) is 0 Å². The molecule has 2 aromatic rings. The Balaban J connectivity index is 1.88. The molecule has 0 aliphatic heterocycles. The van der Waals surface area contributed by atoms with Gasteiger partial charge in [0.2, 0.25) is 5.88 Å². The van der Waals surface area contributed by atoms with E-state index in [1.807, 2.05) is 48.5 Å². The zero-order valence-electron chi connectivity index (χ0n) is 11.0. The summed E-state index contributed by atoms with van der Waals surface area (Å²) in [6.45, 7) is 0.776. The summed E-state index contributed by atoms with van der Waals surface area (Å²) in [6, 6.07) is 15.9. The average molecular weight is 257 g/mol. The molecule has 3 heteroatoms. The van der Waals surface area contributed by atoms with Crippen LogP contribution in [0, 0.1) is 0 Å². The molecule has 0 aliphatic rings. The number of benzene rings is 1. The Morgan fingerprint density at radius 3 is 2.58 bits per heavy atom. The number of rotatable bonds is 7. The number of aromatic nitrogens is 1. The third-order valence-corrected chi connectivity index (χ3v) is 2.85. The van der Waals surface area contributed by atoms with E-state index in [1.54, 1.807) is 0 Å². The predicted molar refractivity (Wildman–Crippen MR) is 75.0 cm³/mol. The van der Waals surface area contributed by atoms with Crippen molar-refractivity contribution in [1.82, 2.24) is 4.98 Å². The first-order chi connectivity index (χ1) is 9.38. The maximum atomic E-state index is 8.76. The van der Waals surface area contributed by atoms with Crippen molar-refractivity contribution in [3.63, 3.8) is 0 Å². The summed E-state index contributed by atoms with van der Waals surface area (Å²) in [5, 5.41) is 8.76. The lowest BCUT2D eigenvalue weighted by atomic mass is 10.2. The van der Waals surface area contributed by atoms with Crippen molar-refractivity contribution in [2.75, 3.05) is 6.61 Å². The van der Waals surface area contributed by atoms with Crippen LogP contribution in [0.25, 0.3) is 0 Å². The third-order valence-electron chi connectivity index (χ3n) is 2.85. The fourth-order valence-corrected chi connectivity index (χ4v) is 1.83. The molecule has 0 radical (unpaired) electrons. The lowest BCUT2D eigenvalue weighted by molar-refractivity contribution is 0.283. The van der Waals surface area contributed by atoms with Crippen LogP contribution in [0.1, 0.15) is 24.1 Å². The molecule has 100 valence electrons. The molecular weight excluding hydrogens is 238 g/mol. The van der Waals surface area contributed by atoms with E-state index in [0.29, 0.717) is 12.5 Å². The Morgan fingerprint density at radius 2 is 1.79 bits per heavy atom. The van der Waals surface area contributed by atoms with Crippen LogP contribution in [-0.4, -0.2) is 16.7 Å². The minimum Gasteiger partial charge on any atom is -0.473 e. The van der Waals surface area contributed by atoms with Gasteiger partial charge in [0.25, 0.3) is 0 Å². The summed E-state index contributed by atoms with van der Waals surface area (Å²) >= 11 is 0. The molecule has 2 rings (SSSR count). The Hall–Kier alpha value is -1.87. The van der Waals surface area contributed by atoms with Gasteiger partial charge in [-0.3, -0.25) is 0 Å². The molecule has 0 bridgehead atoms. The van der Waals surface area contributed by atoms with Crippen LogP contribution in [0.5, 0.6) is 5.88 Å². The Labute approximate surface area is 113 Å². The van der Waals surface area contributed by atoms with Crippen LogP contribution in [0.3, 0.4) is 0 Å². The second-order valence-electron chi connectivity index (χ2n) is 4.42. The standard InChI is InChI=1S/C16H19NO2/c18-12-5-4-9-15-10-6-11-16(17-15)19-13-14-7-2-1-3-8-14/h1-3,6-8,10-11,18H,4-5,9,12-13H2. The average Bonchev–Trinajstić information content (AvgIpc) is 2.47. The molecule has 1 aromatic heterocycles. The van der Waals surface area contributed by atoms with Gasteiger partial charge in [-0.2, -0.15) is 0 Å². The van der Waals surface area contributed by atoms with Gasteiger partial charge in [0.15, 0.2) is 0 Å². The van der Waals surface area contributed by atoms with Gasteiger partial charge in [-0.25, -0.2) is 4.98 Å². The summed E-state index contributed by atoms with van der Waals surface area (Å²) in [7, 11) is 0. The first-order valence-electron chi connectivity index (χ1n) is 6.62. The number of ether oxygens (including phenoxy) is 1. The molecule has 0 amide bonds. The van der Waals surface area contributed by atoms with Crippen molar-refractivity contribution in [3.05, 3.63) is 59.8 Å². The summed E-state index contributed by atoms with van der Waals surface area (Å²) in [5.74, 6) is 0.658. The first kappa shape index (κ1) is 13.6. The Morgan fingerprint density at radius 1 is 0.947 bits per heavy atom. The minimum absolute atomic E-state index is 0.240. The van der Waals surface area contributed by atoms with Gasteiger partial charge in [-0.15, -0.1) is 0 Å². The highest BCUT2D eigenvalue weighted by atomic mass is 16.5. The summed E-state index contributed by atoms with van der Waals surface area (Å²) in [4.78, 5) is 4.46.